The zero-order chi connectivity index (χ0) is 18.5. The molecule has 1 fully saturated rings. The number of fused-ring (bicyclic) bond motifs is 5. The molecule has 1 saturated heterocycles. The number of nitrogens with one attached hydrogen (secondary N) is 1. The van der Waals surface area contributed by atoms with Crippen LogP contribution in [-0.2, 0) is 435 Å². The zero-order valence-electron chi connectivity index (χ0n) is 23.1. The fourth-order valence-electron chi connectivity index (χ4n) is 3.56. The zero-order valence-corrected chi connectivity index (χ0v) is 60.0. The minimum Gasteiger partial charge on any atom is -0.625 e. The number of carbonyl (C=O) groups is 2. The average Bonchev–Trinajstić information content (AvgIpc) is 2.55. The number of nitrogens with zero attached hydrogens (tertiary/aromatic N) is 3. The molecule has 6 nitrogen and oxygen atoms in total. The van der Waals surface area contributed by atoms with Crippen LogP contribution in [0.3, 0.4) is 0 Å². The maximum Gasteiger partial charge on any atom is 0.305 e. The van der Waals surface area contributed by atoms with Gasteiger partial charge in [-0.05, 0) is 19.4 Å². The quantitative estimate of drug-likeness (QED) is 0.319. The van der Waals surface area contributed by atoms with Gasteiger partial charge in [0.25, 0.3) is 5.91 Å². The molecular formula is C19H25N4O2Y13-3. The van der Waals surface area contributed by atoms with Crippen LogP contribution >= 0.6 is 0 Å². The van der Waals surface area contributed by atoms with Gasteiger partial charge in [-0.1, -0.05) is 32.5 Å². The molecule has 0 aromatic carbocycles. The first-order chi connectivity index (χ1) is 11.7. The molecule has 0 saturated carbocycles. The second kappa shape index (κ2) is 40.5. The van der Waals surface area contributed by atoms with Crippen molar-refractivity contribution in [3.63, 3.8) is 0 Å². The van der Waals surface area contributed by atoms with E-state index in [1.54, 1.807) is 18.0 Å². The van der Waals surface area contributed by atoms with Crippen LogP contribution in [0.2, 0.25) is 0 Å². The molecule has 13 radical (unpaired) electrons. The summed E-state index contributed by atoms with van der Waals surface area (Å²) in [5.74, 6) is -1.02. The summed E-state index contributed by atoms with van der Waals surface area (Å²) in [6.07, 6.45) is 0. The van der Waals surface area contributed by atoms with Crippen LogP contribution in [0, 0.1) is 40.4 Å². The molecule has 3 aliphatic rings. The largest absolute Gasteiger partial charge is 0.625 e. The predicted molar refractivity (Wildman–Crippen MR) is 94.6 cm³/mol. The Kier molecular flexibility index (Phi) is 84.2. The van der Waals surface area contributed by atoms with Crippen LogP contribution < -0.4 is 5.32 Å². The molecule has 0 spiro atoms. The molecule has 1 aromatic heterocycles. The molecule has 2 amide bonds. The normalized spacial score (nSPS) is 17.8. The van der Waals surface area contributed by atoms with Crippen LogP contribution in [-0.4, -0.2) is 38.7 Å². The minimum atomic E-state index is -0.527. The summed E-state index contributed by atoms with van der Waals surface area (Å²) in [6, 6.07) is -0.596. The van der Waals surface area contributed by atoms with Gasteiger partial charge in [-0.15, -0.1) is 25.1 Å². The topological polar surface area (TPSA) is 65.5 Å². The fraction of sp³-hybridized carbons (Fsp3) is 0.474. The van der Waals surface area contributed by atoms with Crippen molar-refractivity contribution in [3.8, 4) is 0 Å². The molecule has 38 heavy (non-hydrogen) atoms. The van der Waals surface area contributed by atoms with E-state index in [1.165, 1.54) is 4.90 Å². The Bertz CT molecular complexity index is 766. The van der Waals surface area contributed by atoms with Crippen molar-refractivity contribution in [1.29, 1.82) is 0 Å². The van der Waals surface area contributed by atoms with E-state index in [0.29, 0.717) is 0 Å². The van der Waals surface area contributed by atoms with Gasteiger partial charge in [0, 0.05) is 425 Å². The van der Waals surface area contributed by atoms with Gasteiger partial charge < -0.3 is 15.1 Å². The molecule has 1 aromatic rings. The van der Waals surface area contributed by atoms with E-state index in [4.69, 9.17) is 4.98 Å². The molecule has 3 aliphatic heterocycles. The van der Waals surface area contributed by atoms with E-state index in [9.17, 15) is 9.59 Å². The summed E-state index contributed by atoms with van der Waals surface area (Å²) in [5, 5.41) is 3.26. The second-order valence-corrected chi connectivity index (χ2v) is 7.00. The number of amides is 2. The van der Waals surface area contributed by atoms with Crippen LogP contribution in [0.1, 0.15) is 54.9 Å². The summed E-state index contributed by atoms with van der Waals surface area (Å²) in [4.78, 5) is 33.1. The van der Waals surface area contributed by atoms with Gasteiger partial charge in [0.05, 0.1) is 11.7 Å². The smallest absolute Gasteiger partial charge is 0.305 e. The van der Waals surface area contributed by atoms with Gasteiger partial charge in [0.1, 0.15) is 0 Å². The van der Waals surface area contributed by atoms with Crippen molar-refractivity contribution in [2.24, 2.45) is 0 Å². The van der Waals surface area contributed by atoms with Gasteiger partial charge in [-0.3, -0.25) is 27.7 Å². The Morgan fingerprint density at radius 3 is 1.55 bits per heavy atom. The molecule has 175 valence electrons. The number of pyridine rings is 1. The van der Waals surface area contributed by atoms with Gasteiger partial charge >= 0.3 is 5.91 Å². The third kappa shape index (κ3) is 22.5. The maximum atomic E-state index is 12.7. The minimum absolute atomic E-state index is 0. The van der Waals surface area contributed by atoms with Crippen molar-refractivity contribution in [1.82, 2.24) is 20.1 Å². The maximum absolute atomic E-state index is 12.7. The summed E-state index contributed by atoms with van der Waals surface area (Å²) in [6.45, 7) is 17.4. The standard InChI is InChI=1S/C19H25N4O2.13Y/c1-10-8-22-9-11(2)23(19(25)18(22)24)15(6)17-14(5)12(3)13(4)16(21-17)7-20-10;;;;;;;;;;;;;/h7-11,15,20H,1-6H3;;;;;;;;;;;;;/q-3;;;;;;;;;;;;;. The number of rotatable bonds is 0. The van der Waals surface area contributed by atoms with Crippen LogP contribution in [0.4, 0.5) is 0 Å². The average molecular weight is 1500 g/mol. The van der Waals surface area contributed by atoms with E-state index >= 15 is 0 Å². The molecule has 4 heterocycles. The molecule has 4 bridgehead atoms. The number of piperazine rings is 1. The van der Waals surface area contributed by atoms with Crippen molar-refractivity contribution in [3.05, 3.63) is 47.7 Å². The first kappa shape index (κ1) is 79.1. The monoisotopic (exact) mass is 1500 g/mol. The molecule has 3 atom stereocenters. The number of aromatic nitrogens is 1. The van der Waals surface area contributed by atoms with E-state index in [1.807, 2.05) is 34.2 Å². The van der Waals surface area contributed by atoms with Crippen LogP contribution in [0.5, 0.6) is 0 Å². The third-order valence-electron chi connectivity index (χ3n) is 5.28. The Morgan fingerprint density at radius 1 is 0.658 bits per heavy atom. The molecule has 4 rings (SSSR count). The van der Waals surface area contributed by atoms with Crippen molar-refractivity contribution >= 4 is 11.8 Å². The molecule has 3 unspecified atom stereocenters. The Hall–Kier alpha value is 12.3. The van der Waals surface area contributed by atoms with E-state index < -0.39 is 11.8 Å². The summed E-state index contributed by atoms with van der Waals surface area (Å²) in [5.41, 5.74) is 5.05. The molecule has 1 N–H and O–H groups in total. The number of hydrogen-bond acceptors (Lipinski definition) is 4. The van der Waals surface area contributed by atoms with E-state index in [2.05, 4.69) is 19.2 Å². The number of hydrogen-bond donors (Lipinski definition) is 1. The SMILES string of the molecule is Cc1c2nc(c(C)c1C)C(C)N1C(=O)C(=O)N([CH-]C(C)N[CH-]2)[CH-]C1C.[Y].[Y].[Y].[Y].[Y].[Y].[Y].[Y].[Y].[Y].[Y].[Y].[Y]. The Morgan fingerprint density at radius 2 is 1.11 bits per heavy atom. The summed E-state index contributed by atoms with van der Waals surface area (Å²) < 4.78 is 0. The van der Waals surface area contributed by atoms with Crippen molar-refractivity contribution in [2.75, 3.05) is 0 Å². The predicted octanol–water partition coefficient (Wildman–Crippen LogP) is 1.92. The molecular weight excluding hydrogens is 1470 g/mol. The molecule has 0 aliphatic carbocycles. The van der Waals surface area contributed by atoms with Crippen molar-refractivity contribution in [2.45, 2.75) is 59.7 Å². The first-order valence-electron chi connectivity index (χ1n) is 8.64. The summed E-state index contributed by atoms with van der Waals surface area (Å²) >= 11 is 0. The van der Waals surface area contributed by atoms with Gasteiger partial charge in [-0.2, -0.15) is 5.56 Å². The number of carbonyl (C=O) groups excluding carboxylic acids is 2. The van der Waals surface area contributed by atoms with Gasteiger partial charge in [0.15, 0.2) is 0 Å². The second-order valence-electron chi connectivity index (χ2n) is 7.00. The first-order valence-corrected chi connectivity index (χ1v) is 8.64. The van der Waals surface area contributed by atoms with Gasteiger partial charge in [-0.25, -0.2) is 0 Å². The van der Waals surface area contributed by atoms with Crippen LogP contribution in [0.15, 0.2) is 0 Å². The third-order valence-corrected chi connectivity index (χ3v) is 5.28. The van der Waals surface area contributed by atoms with E-state index in [-0.39, 0.29) is 443 Å². The van der Waals surface area contributed by atoms with Gasteiger partial charge in [0.2, 0.25) is 0 Å². The van der Waals surface area contributed by atoms with Crippen molar-refractivity contribution < 1.29 is 435 Å². The Labute approximate surface area is 557 Å². The Balaban J connectivity index is -0.0000000623. The van der Waals surface area contributed by atoms with E-state index in [0.717, 1.165) is 28.1 Å². The van der Waals surface area contributed by atoms with Crippen LogP contribution in [0.25, 0.3) is 0 Å². The fourth-order valence-corrected chi connectivity index (χ4v) is 3.56. The molecule has 19 heteroatoms. The summed E-state index contributed by atoms with van der Waals surface area (Å²) in [7, 11) is 0.